The average Bonchev–Trinajstić information content (AvgIpc) is 3.23. The molecule has 0 amide bonds. The first-order valence-electron chi connectivity index (χ1n) is 7.98. The summed E-state index contributed by atoms with van der Waals surface area (Å²) in [6, 6.07) is 10.1. The van der Waals surface area contributed by atoms with Crippen LogP contribution in [0.5, 0.6) is 0 Å². The Morgan fingerprint density at radius 2 is 1.46 bits per heavy atom. The van der Waals surface area contributed by atoms with Gasteiger partial charge in [0, 0.05) is 0 Å². The Kier molecular flexibility index (Phi) is 31.0. The summed E-state index contributed by atoms with van der Waals surface area (Å²) in [4.78, 5) is 6.24. The maximum absolute atomic E-state index is 3.25. The van der Waals surface area contributed by atoms with Crippen molar-refractivity contribution in [3.8, 4) is 0 Å². The summed E-state index contributed by atoms with van der Waals surface area (Å²) in [6.07, 6.45) is 12.9. The predicted octanol–water partition coefficient (Wildman–Crippen LogP) is 7.32. The maximum atomic E-state index is 3.25. The van der Waals surface area contributed by atoms with Crippen LogP contribution in [0.3, 0.4) is 0 Å². The summed E-state index contributed by atoms with van der Waals surface area (Å²) in [5.41, 5.74) is 1.15. The molecule has 1 aromatic carbocycles. The van der Waals surface area contributed by atoms with E-state index in [0.717, 1.165) is 11.9 Å². The third-order valence-electron chi connectivity index (χ3n) is 1.98. The molecule has 1 aliphatic rings. The molecular formula is C22H33Cl2NTi-4. The summed E-state index contributed by atoms with van der Waals surface area (Å²) < 4.78 is 0. The van der Waals surface area contributed by atoms with E-state index >= 15 is 0 Å². The molecule has 0 atom stereocenters. The molecule has 1 aromatic heterocycles. The van der Waals surface area contributed by atoms with Gasteiger partial charge >= 0.3 is 24.8 Å². The van der Waals surface area contributed by atoms with Crippen LogP contribution in [0, 0.1) is 24.1 Å². The number of hydrogen-bond acceptors (Lipinski definition) is 0. The standard InChI is InChI=1S/C8H6N.C5H5.2C4H9.CH2.2ClH.Ti/c1-2-4-8-7(3-1)5-6-9-8;1-2-4-5-3-1;2*1-4(2)3;;;;/h1-5,9H;1-3H,4H2;2*1-3H3;1H2;2*1H;/q4*-1;;;;. The van der Waals surface area contributed by atoms with Gasteiger partial charge in [-0.1, -0.05) is 12.1 Å². The molecule has 1 heterocycles. The number of halogens is 2. The third-order valence-corrected chi connectivity index (χ3v) is 1.98. The second kappa shape index (κ2) is 24.4. The van der Waals surface area contributed by atoms with Crippen LogP contribution in [-0.2, 0) is 20.0 Å². The van der Waals surface area contributed by atoms with Crippen molar-refractivity contribution >= 4 is 40.5 Å². The number of allylic oxidation sites excluding steroid dienone is 4. The summed E-state index contributed by atoms with van der Waals surface area (Å²) in [6.45, 7) is 12.5. The number of aromatic nitrogens is 1. The molecule has 2 aromatic rings. The van der Waals surface area contributed by atoms with Gasteiger partial charge in [0.15, 0.2) is 0 Å². The zero-order valence-electron chi connectivity index (χ0n) is 16.8. The van der Waals surface area contributed by atoms with E-state index in [0.29, 0.717) is 0 Å². The minimum absolute atomic E-state index is 0. The average molecular weight is 430 g/mol. The monoisotopic (exact) mass is 429 g/mol. The summed E-state index contributed by atoms with van der Waals surface area (Å²) >= 11 is 1.75. The minimum atomic E-state index is 0. The fourth-order valence-corrected chi connectivity index (χ4v) is 1.27. The van der Waals surface area contributed by atoms with Crippen molar-refractivity contribution in [3.63, 3.8) is 0 Å². The van der Waals surface area contributed by atoms with Crippen molar-refractivity contribution in [2.45, 2.75) is 48.0 Å². The summed E-state index contributed by atoms with van der Waals surface area (Å²) in [7, 11) is 0. The van der Waals surface area contributed by atoms with E-state index in [9.17, 15) is 0 Å². The normalized spacial score (nSPS) is 9.81. The molecule has 0 spiro atoms. The maximum Gasteiger partial charge on any atom is -0.0745 e. The van der Waals surface area contributed by atoms with Crippen molar-refractivity contribution < 1.29 is 20.0 Å². The van der Waals surface area contributed by atoms with Crippen molar-refractivity contribution in [1.82, 2.24) is 4.98 Å². The van der Waals surface area contributed by atoms with Gasteiger partial charge in [0.25, 0.3) is 0 Å². The second-order valence-electron chi connectivity index (χ2n) is 6.00. The Labute approximate surface area is 185 Å². The van der Waals surface area contributed by atoms with Crippen LogP contribution in [0.4, 0.5) is 0 Å². The van der Waals surface area contributed by atoms with Crippen LogP contribution in [0.1, 0.15) is 48.0 Å². The molecule has 26 heavy (non-hydrogen) atoms. The van der Waals surface area contributed by atoms with E-state index in [1.165, 1.54) is 17.2 Å². The number of H-pyrrole nitrogens is 1. The zero-order valence-corrected chi connectivity index (χ0v) is 20.0. The number of benzene rings is 1. The van der Waals surface area contributed by atoms with Crippen LogP contribution in [-0.4, -0.2) is 9.80 Å². The third kappa shape index (κ3) is 25.6. The van der Waals surface area contributed by atoms with Crippen LogP contribution >= 0.6 is 24.8 Å². The molecule has 0 bridgehead atoms. The summed E-state index contributed by atoms with van der Waals surface area (Å²) in [5.74, 6) is 2.83. The van der Waals surface area contributed by atoms with Gasteiger partial charge in [-0.25, -0.2) is 12.2 Å². The molecule has 1 aliphatic carbocycles. The molecule has 0 fully saturated rings. The number of aromatic amines is 1. The Morgan fingerprint density at radius 3 is 1.81 bits per heavy atom. The molecule has 148 valence electrons. The number of para-hydroxylation sites is 1. The Bertz CT molecular complexity index is 508. The molecule has 1 N–H and O–H groups in total. The fraction of sp³-hybridized carbons (Fsp3) is 0.318. The first-order valence-corrected chi connectivity index (χ1v) is 9.08. The van der Waals surface area contributed by atoms with Crippen molar-refractivity contribution in [3.05, 3.63) is 72.7 Å². The smallest absolute Gasteiger partial charge is 0.0745 e. The van der Waals surface area contributed by atoms with Crippen LogP contribution in [0.25, 0.3) is 10.9 Å². The van der Waals surface area contributed by atoms with Gasteiger partial charge in [-0.2, -0.15) is 59.1 Å². The Morgan fingerprint density at radius 1 is 0.962 bits per heavy atom. The van der Waals surface area contributed by atoms with Gasteiger partial charge in [0.1, 0.15) is 0 Å². The molecule has 0 saturated carbocycles. The minimum Gasteiger partial charge on any atom is -0.477 e. The molecule has 0 radical (unpaired) electrons. The van der Waals surface area contributed by atoms with Crippen LogP contribution in [0.15, 0.2) is 48.6 Å². The first kappa shape index (κ1) is 33.0. The van der Waals surface area contributed by atoms with Crippen molar-refractivity contribution in [2.75, 3.05) is 0 Å². The number of rotatable bonds is 0. The molecule has 0 saturated heterocycles. The first-order chi connectivity index (χ1) is 11.4. The van der Waals surface area contributed by atoms with E-state index < -0.39 is 0 Å². The van der Waals surface area contributed by atoms with E-state index in [2.05, 4.69) is 75.8 Å². The molecule has 3 rings (SSSR count). The van der Waals surface area contributed by atoms with Gasteiger partial charge < -0.3 is 16.8 Å². The second-order valence-corrected chi connectivity index (χ2v) is 6.00. The largest absolute Gasteiger partial charge is 0.477 e. The van der Waals surface area contributed by atoms with Gasteiger partial charge in [0.05, 0.1) is 0 Å². The molecule has 4 heteroatoms. The van der Waals surface area contributed by atoms with E-state index in [4.69, 9.17) is 0 Å². The number of nitrogens with one attached hydrogen (secondary N) is 1. The van der Waals surface area contributed by atoms with Gasteiger partial charge in [-0.15, -0.1) is 55.1 Å². The summed E-state index contributed by atoms with van der Waals surface area (Å²) in [5, 5.41) is 1.22. The van der Waals surface area contributed by atoms with Gasteiger partial charge in [0.2, 0.25) is 0 Å². The SMILES string of the molecule is C[C-](C)C.C[C-](C)C.Cl.Cl.[C-]1=CC=CC1.[CH2]=[Ti].[c-]1cc2ccccc2[nH]1. The van der Waals surface area contributed by atoms with Crippen LogP contribution in [0.2, 0.25) is 0 Å². The Balaban J connectivity index is -0.000000125. The molecule has 0 unspecified atom stereocenters. The quantitative estimate of drug-likeness (QED) is 0.333. The van der Waals surface area contributed by atoms with Crippen molar-refractivity contribution in [2.24, 2.45) is 0 Å². The van der Waals surface area contributed by atoms with E-state index in [1.54, 1.807) is 20.0 Å². The van der Waals surface area contributed by atoms with Gasteiger partial charge in [-0.05, 0) is 0 Å². The van der Waals surface area contributed by atoms with E-state index in [-0.39, 0.29) is 24.8 Å². The molecular weight excluding hydrogens is 397 g/mol. The topological polar surface area (TPSA) is 15.8 Å². The predicted molar refractivity (Wildman–Crippen MR) is 121 cm³/mol. The van der Waals surface area contributed by atoms with Gasteiger partial charge in [-0.3, -0.25) is 6.08 Å². The molecule has 1 nitrogen and oxygen atoms in total. The Hall–Kier alpha value is -0.596. The number of fused-ring (bicyclic) bond motifs is 1. The zero-order chi connectivity index (χ0) is 18.8. The van der Waals surface area contributed by atoms with E-state index in [1.807, 2.05) is 36.4 Å². The van der Waals surface area contributed by atoms with Crippen molar-refractivity contribution in [1.29, 1.82) is 0 Å². The molecule has 0 aliphatic heterocycles. The number of hydrogen-bond donors (Lipinski definition) is 1. The fourth-order valence-electron chi connectivity index (χ4n) is 1.27. The van der Waals surface area contributed by atoms with Crippen LogP contribution < -0.4 is 0 Å².